The number of aryl methyl sites for hydroxylation is 2. The molecular formula is C13H15Br2N3OS. The van der Waals surface area contributed by atoms with Crippen LogP contribution in [0.4, 0.5) is 11.5 Å². The van der Waals surface area contributed by atoms with E-state index in [0.717, 1.165) is 25.1 Å². The number of carbonyl (C=O) groups excluding carboxylic acids is 1. The number of aromatic nitrogens is 2. The summed E-state index contributed by atoms with van der Waals surface area (Å²) in [7, 11) is 0. The standard InChI is InChI=1S/C11H9Br2N3OS.C2H6/c1-5-9(7(4-17)10(13)18-5)16-11-8(12)3-14-6(2)15-11;1-2/h3-4H,1-2H3,(H,14,15,16);1-2H3. The van der Waals surface area contributed by atoms with E-state index in [1.165, 1.54) is 11.3 Å². The summed E-state index contributed by atoms with van der Waals surface area (Å²) in [6.45, 7) is 7.77. The van der Waals surface area contributed by atoms with E-state index in [9.17, 15) is 4.79 Å². The highest BCUT2D eigenvalue weighted by Crippen LogP contribution is 2.37. The maximum absolute atomic E-state index is 11.1. The SMILES string of the molecule is CC.Cc1ncc(Br)c(Nc2c(C)sc(Br)c2C=O)n1. The van der Waals surface area contributed by atoms with Gasteiger partial charge in [-0.2, -0.15) is 0 Å². The lowest BCUT2D eigenvalue weighted by molar-refractivity contribution is 0.112. The molecule has 0 aliphatic rings. The van der Waals surface area contributed by atoms with Gasteiger partial charge in [0.2, 0.25) is 0 Å². The van der Waals surface area contributed by atoms with E-state index in [1.54, 1.807) is 6.20 Å². The number of halogens is 2. The smallest absolute Gasteiger partial charge is 0.154 e. The van der Waals surface area contributed by atoms with Gasteiger partial charge in [-0.25, -0.2) is 9.97 Å². The molecule has 0 atom stereocenters. The van der Waals surface area contributed by atoms with Gasteiger partial charge in [-0.1, -0.05) is 13.8 Å². The summed E-state index contributed by atoms with van der Waals surface area (Å²) in [6.07, 6.45) is 2.51. The summed E-state index contributed by atoms with van der Waals surface area (Å²) in [5.74, 6) is 1.32. The van der Waals surface area contributed by atoms with Gasteiger partial charge < -0.3 is 5.32 Å². The molecule has 0 saturated carbocycles. The summed E-state index contributed by atoms with van der Waals surface area (Å²) >= 11 is 8.27. The van der Waals surface area contributed by atoms with Crippen molar-refractivity contribution in [1.29, 1.82) is 0 Å². The molecule has 2 aromatic heterocycles. The Morgan fingerprint density at radius 2 is 1.95 bits per heavy atom. The molecule has 2 heterocycles. The van der Waals surface area contributed by atoms with Crippen LogP contribution in [-0.4, -0.2) is 16.3 Å². The molecule has 0 unspecified atom stereocenters. The second-order valence-electron chi connectivity index (χ2n) is 3.58. The first-order chi connectivity index (χ1) is 9.52. The Labute approximate surface area is 139 Å². The molecule has 0 spiro atoms. The molecule has 20 heavy (non-hydrogen) atoms. The maximum Gasteiger partial charge on any atom is 0.154 e. The Bertz CT molecular complexity index is 614. The Hall–Kier alpha value is -0.790. The van der Waals surface area contributed by atoms with Crippen LogP contribution in [0.3, 0.4) is 0 Å². The number of thiophene rings is 1. The normalized spacial score (nSPS) is 9.70. The minimum Gasteiger partial charge on any atom is -0.338 e. The fourth-order valence-corrected chi connectivity index (χ4v) is 3.55. The van der Waals surface area contributed by atoms with E-state index in [-0.39, 0.29) is 0 Å². The summed E-state index contributed by atoms with van der Waals surface area (Å²) in [4.78, 5) is 20.5. The van der Waals surface area contributed by atoms with Crippen molar-refractivity contribution in [3.05, 3.63) is 30.7 Å². The van der Waals surface area contributed by atoms with Crippen molar-refractivity contribution in [2.45, 2.75) is 27.7 Å². The van der Waals surface area contributed by atoms with Crippen LogP contribution >= 0.6 is 43.2 Å². The Balaban J connectivity index is 0.000000956. The number of hydrogen-bond donors (Lipinski definition) is 1. The van der Waals surface area contributed by atoms with Crippen molar-refractivity contribution in [1.82, 2.24) is 9.97 Å². The molecule has 108 valence electrons. The quantitative estimate of drug-likeness (QED) is 0.687. The van der Waals surface area contributed by atoms with Crippen molar-refractivity contribution >= 4 is 61.0 Å². The summed E-state index contributed by atoms with van der Waals surface area (Å²) in [5, 5.41) is 3.17. The van der Waals surface area contributed by atoms with Crippen LogP contribution in [0.2, 0.25) is 0 Å². The summed E-state index contributed by atoms with van der Waals surface area (Å²) in [6, 6.07) is 0. The molecule has 2 rings (SSSR count). The molecule has 1 N–H and O–H groups in total. The zero-order chi connectivity index (χ0) is 15.3. The zero-order valence-electron chi connectivity index (χ0n) is 11.6. The topological polar surface area (TPSA) is 54.9 Å². The predicted molar refractivity (Wildman–Crippen MR) is 91.2 cm³/mol. The average Bonchev–Trinajstić information content (AvgIpc) is 2.70. The van der Waals surface area contributed by atoms with Crippen LogP contribution in [0.15, 0.2) is 14.5 Å². The van der Waals surface area contributed by atoms with Crippen molar-refractivity contribution in [3.63, 3.8) is 0 Å². The van der Waals surface area contributed by atoms with Crippen molar-refractivity contribution in [2.24, 2.45) is 0 Å². The Kier molecular flexibility index (Phi) is 6.78. The second-order valence-corrected chi connectivity index (χ2v) is 6.97. The summed E-state index contributed by atoms with van der Waals surface area (Å²) in [5.41, 5.74) is 1.39. The number of hydrogen-bond acceptors (Lipinski definition) is 5. The highest BCUT2D eigenvalue weighted by molar-refractivity contribution is 9.11. The molecule has 0 aromatic carbocycles. The Morgan fingerprint density at radius 1 is 1.30 bits per heavy atom. The van der Waals surface area contributed by atoms with E-state index in [1.807, 2.05) is 27.7 Å². The lowest BCUT2D eigenvalue weighted by atomic mass is 10.2. The molecule has 0 amide bonds. The predicted octanol–water partition coefficient (Wildman–Crippen LogP) is 5.26. The highest BCUT2D eigenvalue weighted by atomic mass is 79.9. The molecule has 0 fully saturated rings. The van der Waals surface area contributed by atoms with Crippen molar-refractivity contribution in [2.75, 3.05) is 5.32 Å². The van der Waals surface area contributed by atoms with Gasteiger partial charge >= 0.3 is 0 Å². The van der Waals surface area contributed by atoms with Crippen LogP contribution < -0.4 is 5.32 Å². The third kappa shape index (κ3) is 3.86. The molecule has 0 radical (unpaired) electrons. The lowest BCUT2D eigenvalue weighted by Gasteiger charge is -2.08. The number of carbonyl (C=O) groups is 1. The van der Waals surface area contributed by atoms with Gasteiger partial charge in [-0.15, -0.1) is 11.3 Å². The molecule has 0 aliphatic heterocycles. The van der Waals surface area contributed by atoms with Crippen LogP contribution in [0.25, 0.3) is 0 Å². The van der Waals surface area contributed by atoms with Gasteiger partial charge in [0.05, 0.1) is 19.5 Å². The van der Waals surface area contributed by atoms with Gasteiger partial charge in [0, 0.05) is 11.1 Å². The molecule has 0 bridgehead atoms. The third-order valence-corrected chi connectivity index (χ3v) is 4.70. The molecule has 4 nitrogen and oxygen atoms in total. The zero-order valence-corrected chi connectivity index (χ0v) is 15.6. The number of rotatable bonds is 3. The first-order valence-corrected chi connectivity index (χ1v) is 8.43. The Morgan fingerprint density at radius 3 is 2.55 bits per heavy atom. The molecule has 0 saturated heterocycles. The van der Waals surface area contributed by atoms with Gasteiger partial charge in [0.1, 0.15) is 11.6 Å². The molecular weight excluding hydrogens is 406 g/mol. The van der Waals surface area contributed by atoms with E-state index in [2.05, 4.69) is 47.1 Å². The molecule has 2 aromatic rings. The van der Waals surface area contributed by atoms with Gasteiger partial charge in [-0.3, -0.25) is 4.79 Å². The average molecular weight is 421 g/mol. The lowest BCUT2D eigenvalue weighted by Crippen LogP contribution is -2.00. The second kappa shape index (κ2) is 7.85. The fourth-order valence-electron chi connectivity index (χ4n) is 1.45. The van der Waals surface area contributed by atoms with Gasteiger partial charge in [0.25, 0.3) is 0 Å². The number of aldehydes is 1. The van der Waals surface area contributed by atoms with Crippen LogP contribution in [0.1, 0.15) is 34.9 Å². The van der Waals surface area contributed by atoms with Crippen LogP contribution in [0, 0.1) is 13.8 Å². The maximum atomic E-state index is 11.1. The van der Waals surface area contributed by atoms with E-state index < -0.39 is 0 Å². The van der Waals surface area contributed by atoms with Crippen molar-refractivity contribution < 1.29 is 4.79 Å². The van der Waals surface area contributed by atoms with E-state index in [0.29, 0.717) is 17.2 Å². The first kappa shape index (κ1) is 17.3. The summed E-state index contributed by atoms with van der Waals surface area (Å²) < 4.78 is 1.58. The van der Waals surface area contributed by atoms with E-state index >= 15 is 0 Å². The fraction of sp³-hybridized carbons (Fsp3) is 0.308. The van der Waals surface area contributed by atoms with Gasteiger partial charge in [0.15, 0.2) is 6.29 Å². The minimum atomic E-state index is 0.612. The molecule has 0 aliphatic carbocycles. The molecule has 7 heteroatoms. The number of nitrogens with zero attached hydrogens (tertiary/aromatic N) is 2. The van der Waals surface area contributed by atoms with Crippen molar-refractivity contribution in [3.8, 4) is 0 Å². The van der Waals surface area contributed by atoms with E-state index in [4.69, 9.17) is 0 Å². The first-order valence-electron chi connectivity index (χ1n) is 6.03. The minimum absolute atomic E-state index is 0.612. The number of nitrogens with one attached hydrogen (secondary N) is 1. The van der Waals surface area contributed by atoms with Gasteiger partial charge in [-0.05, 0) is 45.7 Å². The van der Waals surface area contributed by atoms with Crippen LogP contribution in [0.5, 0.6) is 0 Å². The highest BCUT2D eigenvalue weighted by Gasteiger charge is 2.15. The third-order valence-electron chi connectivity index (χ3n) is 2.30. The monoisotopic (exact) mass is 419 g/mol. The largest absolute Gasteiger partial charge is 0.338 e. The number of anilines is 2. The van der Waals surface area contributed by atoms with Crippen LogP contribution in [-0.2, 0) is 0 Å².